The van der Waals surface area contributed by atoms with Gasteiger partial charge in [0.2, 0.25) is 12.3 Å². The minimum Gasteiger partial charge on any atom is -0.486 e. The van der Waals surface area contributed by atoms with Crippen LogP contribution in [0, 0.1) is 0 Å². The van der Waals surface area contributed by atoms with Gasteiger partial charge in [0.05, 0.1) is 11.7 Å². The highest BCUT2D eigenvalue weighted by Gasteiger charge is 2.30. The fourth-order valence-electron chi connectivity index (χ4n) is 4.95. The molecular weight excluding hydrogens is 498 g/mol. The number of rotatable bonds is 8. The molecule has 1 unspecified atom stereocenters. The molecule has 1 atom stereocenters. The Balaban J connectivity index is 1.37. The quantitative estimate of drug-likeness (QED) is 0.343. The molecule has 39 heavy (non-hydrogen) atoms. The second kappa shape index (κ2) is 11.3. The highest BCUT2D eigenvalue weighted by Crippen LogP contribution is 2.39. The van der Waals surface area contributed by atoms with E-state index in [-0.39, 0.29) is 17.8 Å². The number of aromatic nitrogens is 1. The van der Waals surface area contributed by atoms with Crippen LogP contribution in [0.15, 0.2) is 67.4 Å². The Labute approximate surface area is 227 Å². The van der Waals surface area contributed by atoms with Crippen molar-refractivity contribution in [3.8, 4) is 23.0 Å². The maximum Gasteiger partial charge on any atom is 0.246 e. The lowest BCUT2D eigenvalue weighted by Crippen LogP contribution is -2.49. The number of hydrogen-bond acceptors (Lipinski definition) is 8. The molecule has 2 aliphatic rings. The second-order valence-corrected chi connectivity index (χ2v) is 9.32. The predicted molar refractivity (Wildman–Crippen MR) is 149 cm³/mol. The number of hydrogen-bond donors (Lipinski definition) is 1. The summed E-state index contributed by atoms with van der Waals surface area (Å²) in [6.07, 6.45) is 5.22. The van der Waals surface area contributed by atoms with Gasteiger partial charge in [0, 0.05) is 38.1 Å². The molecule has 3 aromatic rings. The van der Waals surface area contributed by atoms with E-state index < -0.39 is 0 Å². The third kappa shape index (κ3) is 5.45. The maximum absolute atomic E-state index is 12.4. The van der Waals surface area contributed by atoms with Crippen molar-refractivity contribution in [3.05, 3.63) is 67.4 Å². The average molecular weight is 530 g/mol. The third-order valence-electron chi connectivity index (χ3n) is 6.91. The van der Waals surface area contributed by atoms with E-state index in [2.05, 4.69) is 11.6 Å². The summed E-state index contributed by atoms with van der Waals surface area (Å²) >= 11 is 0. The number of pyridine rings is 1. The van der Waals surface area contributed by atoms with E-state index in [0.717, 1.165) is 24.9 Å². The molecule has 1 saturated heterocycles. The fourth-order valence-corrected chi connectivity index (χ4v) is 4.95. The van der Waals surface area contributed by atoms with Gasteiger partial charge in [0.25, 0.3) is 0 Å². The molecule has 2 aromatic carbocycles. The Morgan fingerprint density at radius 3 is 2.62 bits per heavy atom. The number of carbonyl (C=O) groups excluding carboxylic acids is 2. The van der Waals surface area contributed by atoms with E-state index >= 15 is 0 Å². The van der Waals surface area contributed by atoms with E-state index in [0.29, 0.717) is 60.7 Å². The summed E-state index contributed by atoms with van der Waals surface area (Å²) in [6.45, 7) is 5.68. The summed E-state index contributed by atoms with van der Waals surface area (Å²) in [5, 5.41) is 0. The van der Waals surface area contributed by atoms with Crippen LogP contribution >= 0.6 is 0 Å². The van der Waals surface area contributed by atoms with Crippen LogP contribution in [0.1, 0.15) is 12.8 Å². The van der Waals surface area contributed by atoms with Crippen molar-refractivity contribution in [3.63, 3.8) is 0 Å². The van der Waals surface area contributed by atoms with Gasteiger partial charge in [-0.1, -0.05) is 6.58 Å². The van der Waals surface area contributed by atoms with Gasteiger partial charge < -0.3 is 34.6 Å². The van der Waals surface area contributed by atoms with Gasteiger partial charge in [0.1, 0.15) is 36.2 Å². The largest absolute Gasteiger partial charge is 0.486 e. The van der Waals surface area contributed by atoms with Crippen LogP contribution in [0.3, 0.4) is 0 Å². The molecule has 0 spiro atoms. The summed E-state index contributed by atoms with van der Waals surface area (Å²) < 4.78 is 17.2. The van der Waals surface area contributed by atoms with Crippen LogP contribution in [0.4, 0.5) is 22.9 Å². The summed E-state index contributed by atoms with van der Waals surface area (Å²) in [6, 6.07) is 14.5. The number of nitrogens with zero attached hydrogens (tertiary/aromatic N) is 4. The molecule has 1 aromatic heterocycles. The highest BCUT2D eigenvalue weighted by atomic mass is 16.6. The van der Waals surface area contributed by atoms with Crippen LogP contribution < -0.4 is 29.7 Å². The zero-order chi connectivity index (χ0) is 27.4. The fraction of sp³-hybridized carbons (Fsp3) is 0.276. The number of benzene rings is 2. The number of nitrogen functional groups attached to an aromatic ring is 1. The van der Waals surface area contributed by atoms with E-state index in [9.17, 15) is 9.59 Å². The van der Waals surface area contributed by atoms with Crippen molar-refractivity contribution in [2.45, 2.75) is 18.9 Å². The van der Waals surface area contributed by atoms with Crippen molar-refractivity contribution in [1.82, 2.24) is 9.88 Å². The first-order valence-corrected chi connectivity index (χ1v) is 12.8. The number of anilines is 4. The van der Waals surface area contributed by atoms with Gasteiger partial charge in [-0.15, -0.1) is 0 Å². The smallest absolute Gasteiger partial charge is 0.246 e. The minimum absolute atomic E-state index is 0.143. The van der Waals surface area contributed by atoms with Crippen LogP contribution in [0.25, 0.3) is 0 Å². The van der Waals surface area contributed by atoms with E-state index in [1.165, 1.54) is 6.08 Å². The molecule has 202 valence electrons. The first-order valence-electron chi connectivity index (χ1n) is 12.8. The third-order valence-corrected chi connectivity index (χ3v) is 6.91. The Kier molecular flexibility index (Phi) is 7.53. The molecule has 5 rings (SSSR count). The van der Waals surface area contributed by atoms with Crippen molar-refractivity contribution < 1.29 is 23.8 Å². The van der Waals surface area contributed by atoms with E-state index in [4.69, 9.17) is 19.9 Å². The Morgan fingerprint density at radius 1 is 1.13 bits per heavy atom. The number of fused-ring (bicyclic) bond motifs is 1. The van der Waals surface area contributed by atoms with Gasteiger partial charge >= 0.3 is 0 Å². The zero-order valence-corrected chi connectivity index (χ0v) is 21.8. The van der Waals surface area contributed by atoms with Gasteiger partial charge in [0.15, 0.2) is 11.5 Å². The lowest BCUT2D eigenvalue weighted by Gasteiger charge is -2.38. The molecule has 0 aliphatic carbocycles. The Morgan fingerprint density at radius 2 is 1.87 bits per heavy atom. The van der Waals surface area contributed by atoms with Crippen molar-refractivity contribution in [1.29, 1.82) is 0 Å². The summed E-state index contributed by atoms with van der Waals surface area (Å²) in [4.78, 5) is 34.1. The Bertz CT molecular complexity index is 1360. The average Bonchev–Trinajstić information content (AvgIpc) is 2.97. The number of carbonyl (C=O) groups is 2. The monoisotopic (exact) mass is 529 g/mol. The molecule has 2 aliphatic heterocycles. The van der Waals surface area contributed by atoms with Crippen molar-refractivity contribution in [2.75, 3.05) is 48.9 Å². The molecule has 0 bridgehead atoms. The predicted octanol–water partition coefficient (Wildman–Crippen LogP) is 4.14. The number of ether oxygens (including phenoxy) is 3. The van der Waals surface area contributed by atoms with Gasteiger partial charge in [-0.3, -0.25) is 9.59 Å². The lowest BCUT2D eigenvalue weighted by atomic mass is 10.0. The van der Waals surface area contributed by atoms with Gasteiger partial charge in [-0.05, 0) is 61.4 Å². The van der Waals surface area contributed by atoms with Crippen molar-refractivity contribution >= 4 is 35.2 Å². The van der Waals surface area contributed by atoms with Gasteiger partial charge in [-0.25, -0.2) is 4.98 Å². The molecule has 1 fully saturated rings. The van der Waals surface area contributed by atoms with Crippen LogP contribution in [0.5, 0.6) is 23.0 Å². The summed E-state index contributed by atoms with van der Waals surface area (Å²) in [5.41, 5.74) is 8.38. The number of likely N-dealkylation sites (tertiary alicyclic amines) is 1. The first-order chi connectivity index (χ1) is 19.0. The standard InChI is InChI=1S/C29H31N5O5/c1-3-27(36)33-14-4-5-21(18-33)34(19-35)24-12-13-31-29(30)28(24)32(2)20-6-8-22(9-7-20)39-23-10-11-25-26(17-23)38-16-15-37-25/h3,6-13,17,19,21H,1,4-5,14-16,18H2,2H3,(H2,30,31). The topological polar surface area (TPSA) is 110 Å². The summed E-state index contributed by atoms with van der Waals surface area (Å²) in [5.74, 6) is 2.78. The van der Waals surface area contributed by atoms with Gasteiger partial charge in [-0.2, -0.15) is 0 Å². The van der Waals surface area contributed by atoms with Crippen LogP contribution in [-0.4, -0.2) is 61.6 Å². The minimum atomic E-state index is -0.198. The number of piperidine rings is 1. The maximum atomic E-state index is 12.4. The molecule has 10 nitrogen and oxygen atoms in total. The Hall–Kier alpha value is -4.73. The molecule has 2 amide bonds. The second-order valence-electron chi connectivity index (χ2n) is 9.32. The number of amides is 2. The first kappa shape index (κ1) is 25.9. The highest BCUT2D eigenvalue weighted by molar-refractivity contribution is 5.92. The molecule has 3 heterocycles. The molecular formula is C29H31N5O5. The summed E-state index contributed by atoms with van der Waals surface area (Å²) in [7, 11) is 1.87. The molecule has 2 N–H and O–H groups in total. The molecule has 0 radical (unpaired) electrons. The normalized spacial score (nSPS) is 16.2. The van der Waals surface area contributed by atoms with Crippen molar-refractivity contribution in [2.24, 2.45) is 0 Å². The molecule has 0 saturated carbocycles. The lowest BCUT2D eigenvalue weighted by molar-refractivity contribution is -0.127. The SMILES string of the molecule is C=CC(=O)N1CCCC(N(C=O)c2ccnc(N)c2N(C)c2ccc(Oc3ccc4c(c3)OCCO4)cc2)C1. The van der Waals surface area contributed by atoms with E-state index in [1.807, 2.05) is 48.3 Å². The van der Waals surface area contributed by atoms with Crippen LogP contribution in [-0.2, 0) is 9.59 Å². The number of nitrogens with two attached hydrogens (primary N) is 1. The zero-order valence-electron chi connectivity index (χ0n) is 21.8. The van der Waals surface area contributed by atoms with Crippen LogP contribution in [0.2, 0.25) is 0 Å². The van der Waals surface area contributed by atoms with E-state index in [1.54, 1.807) is 28.1 Å². The molecule has 10 heteroatoms.